The molecule has 0 saturated carbocycles. The number of carbonyl (C=O) groups excluding carboxylic acids is 2. The molecule has 1 aromatic rings. The van der Waals surface area contributed by atoms with Gasteiger partial charge in [0.1, 0.15) is 12.4 Å². The number of ether oxygens (including phenoxy) is 1. The fourth-order valence-electron chi connectivity index (χ4n) is 2.50. The van der Waals surface area contributed by atoms with Gasteiger partial charge in [-0.05, 0) is 28.5 Å². The van der Waals surface area contributed by atoms with Crippen molar-refractivity contribution in [2.45, 2.75) is 58.9 Å². The van der Waals surface area contributed by atoms with E-state index in [2.05, 4.69) is 48.1 Å². The molecule has 2 amide bonds. The van der Waals surface area contributed by atoms with Crippen molar-refractivity contribution >= 4 is 12.8 Å². The van der Waals surface area contributed by atoms with E-state index in [4.69, 9.17) is 4.74 Å². The Morgan fingerprint density at radius 1 is 1.00 bits per heavy atom. The summed E-state index contributed by atoms with van der Waals surface area (Å²) in [5.41, 5.74) is 2.75. The van der Waals surface area contributed by atoms with E-state index in [1.165, 1.54) is 0 Å². The molecular formula is C20H29NO3. The average Bonchev–Trinajstić information content (AvgIpc) is 2.48. The van der Waals surface area contributed by atoms with Gasteiger partial charge in [0.05, 0.1) is 6.54 Å². The van der Waals surface area contributed by atoms with Crippen LogP contribution in [0.4, 0.5) is 0 Å². The fourth-order valence-corrected chi connectivity index (χ4v) is 2.50. The van der Waals surface area contributed by atoms with Crippen molar-refractivity contribution in [3.05, 3.63) is 41.5 Å². The van der Waals surface area contributed by atoms with E-state index in [9.17, 15) is 9.59 Å². The molecule has 24 heavy (non-hydrogen) atoms. The van der Waals surface area contributed by atoms with E-state index >= 15 is 0 Å². The maximum atomic E-state index is 11.0. The van der Waals surface area contributed by atoms with Crippen molar-refractivity contribution in [3.8, 4) is 5.75 Å². The van der Waals surface area contributed by atoms with Gasteiger partial charge in [-0.15, -0.1) is 0 Å². The number of hydrogen-bond donors (Lipinski definition) is 0. The number of rotatable bonds is 7. The summed E-state index contributed by atoms with van der Waals surface area (Å²) >= 11 is 0. The van der Waals surface area contributed by atoms with Crippen LogP contribution in [-0.4, -0.2) is 24.3 Å². The van der Waals surface area contributed by atoms with Crippen LogP contribution in [0, 0.1) is 0 Å². The quantitative estimate of drug-likeness (QED) is 0.561. The fraction of sp³-hybridized carbons (Fsp3) is 0.500. The van der Waals surface area contributed by atoms with Crippen LogP contribution < -0.4 is 4.74 Å². The zero-order valence-electron chi connectivity index (χ0n) is 15.7. The van der Waals surface area contributed by atoms with Gasteiger partial charge in [0, 0.05) is 11.1 Å². The van der Waals surface area contributed by atoms with E-state index in [0.717, 1.165) is 27.3 Å². The van der Waals surface area contributed by atoms with Crippen LogP contribution in [0.2, 0.25) is 0 Å². The Bertz CT molecular complexity index is 563. The van der Waals surface area contributed by atoms with Gasteiger partial charge >= 0.3 is 0 Å². The number of imide groups is 1. The highest BCUT2D eigenvalue weighted by Crippen LogP contribution is 2.40. The summed E-state index contributed by atoms with van der Waals surface area (Å²) in [5.74, 6) is 0.863. The SMILES string of the molecule is C=CCOc1c(C(C)(C)C)cc(CN(C=O)C=O)cc1C(C)(C)C. The number of hydrogen-bond acceptors (Lipinski definition) is 3. The maximum Gasteiger partial charge on any atom is 0.216 e. The molecule has 1 rings (SSSR count). The summed E-state index contributed by atoms with van der Waals surface area (Å²) in [6.45, 7) is 17.1. The zero-order valence-corrected chi connectivity index (χ0v) is 15.7. The second kappa shape index (κ2) is 7.65. The molecule has 0 aliphatic rings. The molecule has 132 valence electrons. The van der Waals surface area contributed by atoms with Crippen LogP contribution in [0.15, 0.2) is 24.8 Å². The van der Waals surface area contributed by atoms with Crippen LogP contribution in [-0.2, 0) is 27.0 Å². The molecule has 0 atom stereocenters. The summed E-state index contributed by atoms with van der Waals surface area (Å²) in [6, 6.07) is 4.04. The number of carbonyl (C=O) groups is 2. The minimum absolute atomic E-state index is 0.139. The summed E-state index contributed by atoms with van der Waals surface area (Å²) in [6.07, 6.45) is 2.82. The van der Waals surface area contributed by atoms with Gasteiger partial charge < -0.3 is 4.74 Å². The van der Waals surface area contributed by atoms with Crippen molar-refractivity contribution < 1.29 is 14.3 Å². The third-order valence-corrected chi connectivity index (χ3v) is 3.75. The third kappa shape index (κ3) is 4.95. The van der Waals surface area contributed by atoms with Gasteiger partial charge in [-0.1, -0.05) is 54.2 Å². The van der Waals surface area contributed by atoms with Crippen molar-refractivity contribution in [1.82, 2.24) is 4.90 Å². The van der Waals surface area contributed by atoms with Crippen LogP contribution in [0.5, 0.6) is 5.75 Å². The topological polar surface area (TPSA) is 46.6 Å². The Morgan fingerprint density at radius 2 is 1.46 bits per heavy atom. The van der Waals surface area contributed by atoms with Crippen molar-refractivity contribution in [3.63, 3.8) is 0 Å². The van der Waals surface area contributed by atoms with Gasteiger partial charge in [-0.3, -0.25) is 14.5 Å². The Kier molecular flexibility index (Phi) is 6.35. The zero-order chi connectivity index (χ0) is 18.5. The molecule has 0 unspecified atom stereocenters. The smallest absolute Gasteiger partial charge is 0.216 e. The number of amides is 2. The molecule has 1 aromatic carbocycles. The molecule has 0 radical (unpaired) electrons. The van der Waals surface area contributed by atoms with Crippen molar-refractivity contribution in [1.29, 1.82) is 0 Å². The molecule has 4 heteroatoms. The van der Waals surface area contributed by atoms with E-state index in [1.54, 1.807) is 6.08 Å². The Labute approximate surface area is 145 Å². The summed E-state index contributed by atoms with van der Waals surface area (Å²) < 4.78 is 6.01. The Hall–Kier alpha value is -2.10. The molecule has 0 aromatic heterocycles. The van der Waals surface area contributed by atoms with Crippen LogP contribution in [0.1, 0.15) is 58.2 Å². The lowest BCUT2D eigenvalue weighted by atomic mass is 9.78. The first-order valence-electron chi connectivity index (χ1n) is 8.12. The third-order valence-electron chi connectivity index (χ3n) is 3.75. The van der Waals surface area contributed by atoms with Crippen LogP contribution in [0.25, 0.3) is 0 Å². The van der Waals surface area contributed by atoms with Gasteiger partial charge in [-0.25, -0.2) is 0 Å². The molecule has 0 saturated heterocycles. The van der Waals surface area contributed by atoms with Gasteiger partial charge in [0.15, 0.2) is 0 Å². The van der Waals surface area contributed by atoms with E-state index in [-0.39, 0.29) is 17.4 Å². The monoisotopic (exact) mass is 331 g/mol. The number of benzene rings is 1. The Balaban J connectivity index is 3.59. The predicted octanol–water partition coefficient (Wildman–Crippen LogP) is 3.96. The highest BCUT2D eigenvalue weighted by molar-refractivity contribution is 5.68. The molecule has 0 spiro atoms. The van der Waals surface area contributed by atoms with E-state index in [0.29, 0.717) is 19.4 Å². The maximum absolute atomic E-state index is 11.0. The second-order valence-corrected chi connectivity index (χ2v) is 8.00. The summed E-state index contributed by atoms with van der Waals surface area (Å²) in [5, 5.41) is 0. The van der Waals surface area contributed by atoms with Crippen LogP contribution >= 0.6 is 0 Å². The van der Waals surface area contributed by atoms with Gasteiger partial charge in [-0.2, -0.15) is 0 Å². The first-order chi connectivity index (χ1) is 11.0. The van der Waals surface area contributed by atoms with E-state index in [1.807, 2.05) is 12.1 Å². The summed E-state index contributed by atoms with van der Waals surface area (Å²) in [4.78, 5) is 23.0. The highest BCUT2D eigenvalue weighted by Gasteiger charge is 2.28. The van der Waals surface area contributed by atoms with Crippen LogP contribution in [0.3, 0.4) is 0 Å². The van der Waals surface area contributed by atoms with E-state index < -0.39 is 0 Å². The molecule has 0 aliphatic carbocycles. The largest absolute Gasteiger partial charge is 0.489 e. The van der Waals surface area contributed by atoms with Gasteiger partial charge in [0.2, 0.25) is 12.8 Å². The minimum atomic E-state index is -0.139. The Morgan fingerprint density at radius 3 is 1.79 bits per heavy atom. The molecule has 4 nitrogen and oxygen atoms in total. The van der Waals surface area contributed by atoms with Crippen molar-refractivity contribution in [2.24, 2.45) is 0 Å². The molecule has 0 heterocycles. The molecular weight excluding hydrogens is 302 g/mol. The molecule has 0 N–H and O–H groups in total. The lowest BCUT2D eigenvalue weighted by molar-refractivity contribution is -0.129. The molecule has 0 fully saturated rings. The minimum Gasteiger partial charge on any atom is -0.489 e. The lowest BCUT2D eigenvalue weighted by Crippen LogP contribution is -2.23. The van der Waals surface area contributed by atoms with Gasteiger partial charge in [0.25, 0.3) is 0 Å². The lowest BCUT2D eigenvalue weighted by Gasteiger charge is -2.30. The first-order valence-corrected chi connectivity index (χ1v) is 8.12. The second-order valence-electron chi connectivity index (χ2n) is 8.00. The summed E-state index contributed by atoms with van der Waals surface area (Å²) in [7, 11) is 0. The average molecular weight is 331 g/mol. The molecule has 0 aliphatic heterocycles. The highest BCUT2D eigenvalue weighted by atomic mass is 16.5. The first kappa shape index (κ1) is 19.9. The standard InChI is InChI=1S/C20H29NO3/c1-8-9-24-18-16(19(2,3)4)10-15(12-21(13-22)14-23)11-17(18)20(5,6)7/h8,10-11,13-14H,1,9,12H2,2-7H3. The van der Waals surface area contributed by atoms with Crippen molar-refractivity contribution in [2.75, 3.05) is 6.61 Å². The number of nitrogens with zero attached hydrogens (tertiary/aromatic N) is 1. The molecule has 0 bridgehead atoms. The normalized spacial score (nSPS) is 11.8. The predicted molar refractivity (Wildman–Crippen MR) is 97.2 cm³/mol.